The number of anilines is 1. The van der Waals surface area contributed by atoms with Crippen LogP contribution < -0.4 is 19.7 Å². The molecule has 0 fully saturated rings. The first-order chi connectivity index (χ1) is 12.9. The highest BCUT2D eigenvalue weighted by molar-refractivity contribution is 5.95. The molecule has 2 aromatic rings. The summed E-state index contributed by atoms with van der Waals surface area (Å²) in [5.74, 6) is 1.07. The standard InChI is InChI=1S/C21H26N2O4/c1-15(2)27-19-10-8-18(9-11-19)23(16(3)24)13-12-22-21(25)17-6-5-7-20(14-17)26-4/h5-11,14-15H,12-13H2,1-4H3,(H,22,25). The van der Waals surface area contributed by atoms with Crippen LogP contribution >= 0.6 is 0 Å². The number of carbonyl (C=O) groups is 2. The molecule has 0 saturated heterocycles. The van der Waals surface area contributed by atoms with Gasteiger partial charge in [0, 0.05) is 31.3 Å². The molecule has 0 aromatic heterocycles. The molecule has 2 amide bonds. The third-order valence-electron chi connectivity index (χ3n) is 3.85. The number of hydrogen-bond acceptors (Lipinski definition) is 4. The fourth-order valence-corrected chi connectivity index (χ4v) is 2.59. The summed E-state index contributed by atoms with van der Waals surface area (Å²) < 4.78 is 10.7. The Morgan fingerprint density at radius 1 is 1.07 bits per heavy atom. The molecule has 27 heavy (non-hydrogen) atoms. The summed E-state index contributed by atoms with van der Waals surface area (Å²) in [6, 6.07) is 14.3. The maximum absolute atomic E-state index is 12.3. The lowest BCUT2D eigenvalue weighted by atomic mass is 10.2. The molecule has 6 heteroatoms. The van der Waals surface area contributed by atoms with Crippen LogP contribution in [0.4, 0.5) is 5.69 Å². The Morgan fingerprint density at radius 3 is 2.37 bits per heavy atom. The molecule has 0 aliphatic heterocycles. The lowest BCUT2D eigenvalue weighted by Gasteiger charge is -2.22. The van der Waals surface area contributed by atoms with Crippen LogP contribution in [0.5, 0.6) is 11.5 Å². The Kier molecular flexibility index (Phi) is 7.23. The Morgan fingerprint density at radius 2 is 1.78 bits per heavy atom. The first-order valence-electron chi connectivity index (χ1n) is 8.87. The second-order valence-electron chi connectivity index (χ2n) is 6.32. The van der Waals surface area contributed by atoms with Crippen LogP contribution in [-0.4, -0.2) is 38.1 Å². The van der Waals surface area contributed by atoms with E-state index in [1.54, 1.807) is 36.3 Å². The minimum absolute atomic E-state index is 0.0894. The molecule has 0 aliphatic rings. The predicted octanol–water partition coefficient (Wildman–Crippen LogP) is 3.27. The quantitative estimate of drug-likeness (QED) is 0.774. The van der Waals surface area contributed by atoms with Gasteiger partial charge >= 0.3 is 0 Å². The summed E-state index contributed by atoms with van der Waals surface area (Å²) in [6.07, 6.45) is 0.0894. The number of methoxy groups -OCH3 is 1. The van der Waals surface area contributed by atoms with Crippen molar-refractivity contribution in [3.8, 4) is 11.5 Å². The van der Waals surface area contributed by atoms with E-state index in [1.165, 1.54) is 6.92 Å². The van der Waals surface area contributed by atoms with Crippen molar-refractivity contribution in [3.05, 3.63) is 54.1 Å². The third kappa shape index (κ3) is 6.02. The van der Waals surface area contributed by atoms with E-state index in [0.717, 1.165) is 11.4 Å². The molecule has 144 valence electrons. The van der Waals surface area contributed by atoms with E-state index >= 15 is 0 Å². The molecular formula is C21H26N2O4. The normalized spacial score (nSPS) is 10.4. The van der Waals surface area contributed by atoms with E-state index in [-0.39, 0.29) is 17.9 Å². The highest BCUT2D eigenvalue weighted by Crippen LogP contribution is 2.20. The minimum atomic E-state index is -0.210. The van der Waals surface area contributed by atoms with Gasteiger partial charge in [0.2, 0.25) is 5.91 Å². The molecular weight excluding hydrogens is 344 g/mol. The Balaban J connectivity index is 1.96. The lowest BCUT2D eigenvalue weighted by Crippen LogP contribution is -2.37. The molecule has 2 aromatic carbocycles. The summed E-state index contributed by atoms with van der Waals surface area (Å²) in [6.45, 7) is 6.12. The van der Waals surface area contributed by atoms with Gasteiger partial charge < -0.3 is 19.7 Å². The number of carbonyl (C=O) groups excluding carboxylic acids is 2. The minimum Gasteiger partial charge on any atom is -0.497 e. The van der Waals surface area contributed by atoms with Crippen molar-refractivity contribution in [2.75, 3.05) is 25.1 Å². The summed E-state index contributed by atoms with van der Waals surface area (Å²) >= 11 is 0. The molecule has 0 spiro atoms. The van der Waals surface area contributed by atoms with Crippen LogP contribution in [-0.2, 0) is 4.79 Å². The van der Waals surface area contributed by atoms with Gasteiger partial charge in [-0.1, -0.05) is 6.07 Å². The fourth-order valence-electron chi connectivity index (χ4n) is 2.59. The molecule has 1 N–H and O–H groups in total. The molecule has 0 unspecified atom stereocenters. The lowest BCUT2D eigenvalue weighted by molar-refractivity contribution is -0.116. The van der Waals surface area contributed by atoms with E-state index in [2.05, 4.69) is 5.32 Å². The van der Waals surface area contributed by atoms with E-state index in [1.807, 2.05) is 38.1 Å². The van der Waals surface area contributed by atoms with Gasteiger partial charge in [-0.25, -0.2) is 0 Å². The smallest absolute Gasteiger partial charge is 0.251 e. The monoisotopic (exact) mass is 370 g/mol. The van der Waals surface area contributed by atoms with Crippen molar-refractivity contribution in [1.82, 2.24) is 5.32 Å². The van der Waals surface area contributed by atoms with Crippen LogP contribution in [0.25, 0.3) is 0 Å². The van der Waals surface area contributed by atoms with Gasteiger partial charge in [-0.2, -0.15) is 0 Å². The van der Waals surface area contributed by atoms with E-state index < -0.39 is 0 Å². The highest BCUT2D eigenvalue weighted by Gasteiger charge is 2.13. The van der Waals surface area contributed by atoms with Crippen molar-refractivity contribution in [2.24, 2.45) is 0 Å². The van der Waals surface area contributed by atoms with Crippen LogP contribution in [0.2, 0.25) is 0 Å². The molecule has 2 rings (SSSR count). The first-order valence-corrected chi connectivity index (χ1v) is 8.87. The summed E-state index contributed by atoms with van der Waals surface area (Å²) in [7, 11) is 1.55. The third-order valence-corrected chi connectivity index (χ3v) is 3.85. The maximum Gasteiger partial charge on any atom is 0.251 e. The number of hydrogen-bond donors (Lipinski definition) is 1. The van der Waals surface area contributed by atoms with Crippen molar-refractivity contribution >= 4 is 17.5 Å². The van der Waals surface area contributed by atoms with Crippen LogP contribution in [0, 0.1) is 0 Å². The predicted molar refractivity (Wildman–Crippen MR) is 106 cm³/mol. The van der Waals surface area contributed by atoms with Crippen molar-refractivity contribution in [3.63, 3.8) is 0 Å². The first kappa shape index (κ1) is 20.3. The number of benzene rings is 2. The molecule has 0 saturated carbocycles. The van der Waals surface area contributed by atoms with Gasteiger partial charge in [-0.15, -0.1) is 0 Å². The SMILES string of the molecule is COc1cccc(C(=O)NCCN(C(C)=O)c2ccc(OC(C)C)cc2)c1. The molecule has 0 heterocycles. The highest BCUT2D eigenvalue weighted by atomic mass is 16.5. The van der Waals surface area contributed by atoms with Crippen LogP contribution in [0.3, 0.4) is 0 Å². The number of nitrogens with zero attached hydrogens (tertiary/aromatic N) is 1. The Hall–Kier alpha value is -3.02. The van der Waals surface area contributed by atoms with E-state index in [9.17, 15) is 9.59 Å². The van der Waals surface area contributed by atoms with Gasteiger partial charge in [-0.3, -0.25) is 9.59 Å². The second-order valence-corrected chi connectivity index (χ2v) is 6.32. The summed E-state index contributed by atoms with van der Waals surface area (Å²) in [5, 5.41) is 2.83. The zero-order chi connectivity index (χ0) is 19.8. The van der Waals surface area contributed by atoms with E-state index in [4.69, 9.17) is 9.47 Å². The van der Waals surface area contributed by atoms with Crippen LogP contribution in [0.1, 0.15) is 31.1 Å². The molecule has 0 atom stereocenters. The molecule has 6 nitrogen and oxygen atoms in total. The van der Waals surface area contributed by atoms with Crippen LogP contribution in [0.15, 0.2) is 48.5 Å². The van der Waals surface area contributed by atoms with E-state index in [0.29, 0.717) is 24.4 Å². The number of ether oxygens (including phenoxy) is 2. The number of amides is 2. The Bertz CT molecular complexity index is 772. The topological polar surface area (TPSA) is 67.9 Å². The Labute approximate surface area is 160 Å². The zero-order valence-corrected chi connectivity index (χ0v) is 16.2. The molecule has 0 aliphatic carbocycles. The fraction of sp³-hybridized carbons (Fsp3) is 0.333. The average Bonchev–Trinajstić information content (AvgIpc) is 2.65. The van der Waals surface area contributed by atoms with Gasteiger partial charge in [0.25, 0.3) is 5.91 Å². The van der Waals surface area contributed by atoms with Gasteiger partial charge in [0.05, 0.1) is 13.2 Å². The maximum atomic E-state index is 12.3. The van der Waals surface area contributed by atoms with Crippen molar-refractivity contribution < 1.29 is 19.1 Å². The number of rotatable bonds is 8. The molecule has 0 radical (unpaired) electrons. The second kappa shape index (κ2) is 9.62. The number of nitrogens with one attached hydrogen (secondary N) is 1. The largest absolute Gasteiger partial charge is 0.497 e. The van der Waals surface area contributed by atoms with Crippen molar-refractivity contribution in [2.45, 2.75) is 26.9 Å². The van der Waals surface area contributed by atoms with Gasteiger partial charge in [0.15, 0.2) is 0 Å². The van der Waals surface area contributed by atoms with Gasteiger partial charge in [0.1, 0.15) is 11.5 Å². The summed E-state index contributed by atoms with van der Waals surface area (Å²) in [5.41, 5.74) is 1.27. The average molecular weight is 370 g/mol. The van der Waals surface area contributed by atoms with Gasteiger partial charge in [-0.05, 0) is 56.3 Å². The zero-order valence-electron chi connectivity index (χ0n) is 16.2. The molecule has 0 bridgehead atoms. The summed E-state index contributed by atoms with van der Waals surface area (Å²) in [4.78, 5) is 25.9. The van der Waals surface area contributed by atoms with Crippen molar-refractivity contribution in [1.29, 1.82) is 0 Å².